The van der Waals surface area contributed by atoms with E-state index in [1.807, 2.05) is 0 Å². The molecule has 0 amide bonds. The van der Waals surface area contributed by atoms with Gasteiger partial charge in [0.1, 0.15) is 5.84 Å². The topological polar surface area (TPSA) is 24.4 Å². The summed E-state index contributed by atoms with van der Waals surface area (Å²) < 4.78 is 0. The van der Waals surface area contributed by atoms with Gasteiger partial charge in [-0.05, 0) is 18.1 Å². The van der Waals surface area contributed by atoms with Crippen LogP contribution in [0.4, 0.5) is 0 Å². The third kappa shape index (κ3) is 1.72. The van der Waals surface area contributed by atoms with E-state index >= 15 is 0 Å². The van der Waals surface area contributed by atoms with Crippen molar-refractivity contribution in [1.82, 2.24) is 5.32 Å². The van der Waals surface area contributed by atoms with Gasteiger partial charge in [-0.2, -0.15) is 0 Å². The molecule has 0 fully saturated rings. The van der Waals surface area contributed by atoms with Crippen LogP contribution in [0.25, 0.3) is 0 Å². The van der Waals surface area contributed by atoms with Crippen LogP contribution in [0.15, 0.2) is 29.3 Å². The highest BCUT2D eigenvalue weighted by atomic mass is 15.1. The van der Waals surface area contributed by atoms with E-state index in [1.165, 1.54) is 11.1 Å². The van der Waals surface area contributed by atoms with Gasteiger partial charge in [0, 0.05) is 12.1 Å². The molecule has 1 aromatic rings. The molecule has 68 valence electrons. The predicted molar refractivity (Wildman–Crippen MR) is 55.2 cm³/mol. The van der Waals surface area contributed by atoms with Gasteiger partial charge in [0.25, 0.3) is 0 Å². The Morgan fingerprint density at radius 3 is 3.08 bits per heavy atom. The summed E-state index contributed by atoms with van der Waals surface area (Å²) in [5.74, 6) is 1.05. The molecule has 0 aromatic heterocycles. The SMILES string of the molecule is CCc1cccc(C2=NCCN2)c1. The summed E-state index contributed by atoms with van der Waals surface area (Å²) in [7, 11) is 0. The van der Waals surface area contributed by atoms with E-state index in [9.17, 15) is 0 Å². The normalized spacial score (nSPS) is 15.3. The first kappa shape index (κ1) is 8.30. The van der Waals surface area contributed by atoms with Gasteiger partial charge in [-0.1, -0.05) is 25.1 Å². The van der Waals surface area contributed by atoms with Gasteiger partial charge in [-0.3, -0.25) is 4.99 Å². The van der Waals surface area contributed by atoms with Crippen molar-refractivity contribution in [1.29, 1.82) is 0 Å². The number of amidine groups is 1. The quantitative estimate of drug-likeness (QED) is 0.723. The fourth-order valence-electron chi connectivity index (χ4n) is 1.53. The third-order valence-electron chi connectivity index (χ3n) is 2.28. The maximum Gasteiger partial charge on any atom is 0.128 e. The summed E-state index contributed by atoms with van der Waals surface area (Å²) in [4.78, 5) is 4.39. The van der Waals surface area contributed by atoms with Gasteiger partial charge in [0.05, 0.1) is 6.54 Å². The summed E-state index contributed by atoms with van der Waals surface area (Å²) in [6, 6.07) is 8.56. The zero-order chi connectivity index (χ0) is 9.10. The molecule has 0 spiro atoms. The van der Waals surface area contributed by atoms with Gasteiger partial charge in [-0.25, -0.2) is 0 Å². The maximum absolute atomic E-state index is 4.39. The number of benzene rings is 1. The molecule has 2 nitrogen and oxygen atoms in total. The highest BCUT2D eigenvalue weighted by Gasteiger charge is 2.07. The fraction of sp³-hybridized carbons (Fsp3) is 0.364. The van der Waals surface area contributed by atoms with Crippen LogP contribution < -0.4 is 5.32 Å². The lowest BCUT2D eigenvalue weighted by atomic mass is 10.1. The second-order valence-electron chi connectivity index (χ2n) is 3.21. The number of rotatable bonds is 2. The fourth-order valence-corrected chi connectivity index (χ4v) is 1.53. The van der Waals surface area contributed by atoms with Gasteiger partial charge in [-0.15, -0.1) is 0 Å². The minimum Gasteiger partial charge on any atom is -0.368 e. The highest BCUT2D eigenvalue weighted by Crippen LogP contribution is 2.07. The van der Waals surface area contributed by atoms with Crippen molar-refractivity contribution >= 4 is 5.84 Å². The molecule has 0 saturated carbocycles. The van der Waals surface area contributed by atoms with Gasteiger partial charge < -0.3 is 5.32 Å². The van der Waals surface area contributed by atoms with Crippen LogP contribution in [0.3, 0.4) is 0 Å². The first-order valence-corrected chi connectivity index (χ1v) is 4.78. The summed E-state index contributed by atoms with van der Waals surface area (Å²) in [6.07, 6.45) is 1.08. The minimum atomic E-state index is 0.908. The molecular formula is C11H14N2. The summed E-state index contributed by atoms with van der Waals surface area (Å²) in [5.41, 5.74) is 2.59. The standard InChI is InChI=1S/C11H14N2/c1-2-9-4-3-5-10(8-9)11-12-6-7-13-11/h3-5,8H,2,6-7H2,1H3,(H,12,13). The zero-order valence-corrected chi connectivity index (χ0v) is 7.88. The van der Waals surface area contributed by atoms with Crippen molar-refractivity contribution < 1.29 is 0 Å². The van der Waals surface area contributed by atoms with Crippen molar-refractivity contribution in [2.75, 3.05) is 13.1 Å². The Kier molecular flexibility index (Phi) is 2.30. The number of aliphatic imine (C=N–C) groups is 1. The molecule has 0 radical (unpaired) electrons. The van der Waals surface area contributed by atoms with Crippen LogP contribution in [-0.4, -0.2) is 18.9 Å². The van der Waals surface area contributed by atoms with E-state index in [1.54, 1.807) is 0 Å². The Hall–Kier alpha value is -1.31. The van der Waals surface area contributed by atoms with E-state index in [2.05, 4.69) is 41.5 Å². The molecule has 1 aliphatic rings. The van der Waals surface area contributed by atoms with Crippen molar-refractivity contribution in [2.45, 2.75) is 13.3 Å². The largest absolute Gasteiger partial charge is 0.368 e. The number of nitrogens with zero attached hydrogens (tertiary/aromatic N) is 1. The molecule has 1 aromatic carbocycles. The monoisotopic (exact) mass is 174 g/mol. The number of nitrogens with one attached hydrogen (secondary N) is 1. The lowest BCUT2D eigenvalue weighted by Gasteiger charge is -2.03. The van der Waals surface area contributed by atoms with E-state index in [0.717, 1.165) is 25.3 Å². The van der Waals surface area contributed by atoms with Gasteiger partial charge >= 0.3 is 0 Å². The first-order chi connectivity index (χ1) is 6.40. The van der Waals surface area contributed by atoms with E-state index < -0.39 is 0 Å². The number of hydrogen-bond donors (Lipinski definition) is 1. The Bertz CT molecular complexity index is 329. The Morgan fingerprint density at radius 2 is 2.38 bits per heavy atom. The average molecular weight is 174 g/mol. The average Bonchev–Trinajstić information content (AvgIpc) is 2.71. The van der Waals surface area contributed by atoms with Gasteiger partial charge in [0.15, 0.2) is 0 Å². The molecule has 2 heteroatoms. The maximum atomic E-state index is 4.39. The molecule has 0 saturated heterocycles. The first-order valence-electron chi connectivity index (χ1n) is 4.78. The molecule has 13 heavy (non-hydrogen) atoms. The zero-order valence-electron chi connectivity index (χ0n) is 7.88. The van der Waals surface area contributed by atoms with Crippen molar-refractivity contribution in [3.8, 4) is 0 Å². The number of hydrogen-bond acceptors (Lipinski definition) is 2. The van der Waals surface area contributed by atoms with E-state index in [-0.39, 0.29) is 0 Å². The molecule has 0 atom stereocenters. The van der Waals surface area contributed by atoms with Crippen LogP contribution in [-0.2, 0) is 6.42 Å². The van der Waals surface area contributed by atoms with Crippen LogP contribution in [0.2, 0.25) is 0 Å². The van der Waals surface area contributed by atoms with Crippen LogP contribution in [0.5, 0.6) is 0 Å². The smallest absolute Gasteiger partial charge is 0.128 e. The molecule has 1 heterocycles. The lowest BCUT2D eigenvalue weighted by Crippen LogP contribution is -2.19. The van der Waals surface area contributed by atoms with Crippen molar-refractivity contribution in [2.24, 2.45) is 4.99 Å². The molecule has 2 rings (SSSR count). The Balaban J connectivity index is 2.29. The molecular weight excluding hydrogens is 160 g/mol. The Morgan fingerprint density at radius 1 is 1.46 bits per heavy atom. The molecule has 0 bridgehead atoms. The lowest BCUT2D eigenvalue weighted by molar-refractivity contribution is 0.960. The predicted octanol–water partition coefficient (Wildman–Crippen LogP) is 1.60. The summed E-state index contributed by atoms with van der Waals surface area (Å²) in [5, 5.41) is 3.27. The minimum absolute atomic E-state index is 0.908. The Labute approximate surface area is 78.7 Å². The number of aryl methyl sites for hydroxylation is 1. The van der Waals surface area contributed by atoms with Gasteiger partial charge in [0.2, 0.25) is 0 Å². The van der Waals surface area contributed by atoms with Crippen LogP contribution in [0, 0.1) is 0 Å². The molecule has 1 N–H and O–H groups in total. The highest BCUT2D eigenvalue weighted by molar-refractivity contribution is 5.99. The molecule has 0 unspecified atom stereocenters. The van der Waals surface area contributed by atoms with E-state index in [4.69, 9.17) is 0 Å². The van der Waals surface area contributed by atoms with Crippen molar-refractivity contribution in [3.05, 3.63) is 35.4 Å². The van der Waals surface area contributed by atoms with Crippen molar-refractivity contribution in [3.63, 3.8) is 0 Å². The third-order valence-corrected chi connectivity index (χ3v) is 2.28. The second-order valence-corrected chi connectivity index (χ2v) is 3.21. The second kappa shape index (κ2) is 3.60. The molecule has 1 aliphatic heterocycles. The van der Waals surface area contributed by atoms with Crippen LogP contribution >= 0.6 is 0 Å². The summed E-state index contributed by atoms with van der Waals surface area (Å²) in [6.45, 7) is 4.06. The summed E-state index contributed by atoms with van der Waals surface area (Å²) >= 11 is 0. The molecule has 0 aliphatic carbocycles. The van der Waals surface area contributed by atoms with E-state index in [0.29, 0.717) is 0 Å². The van der Waals surface area contributed by atoms with Crippen LogP contribution in [0.1, 0.15) is 18.1 Å².